The van der Waals surface area contributed by atoms with Crippen molar-refractivity contribution in [1.82, 2.24) is 5.32 Å². The van der Waals surface area contributed by atoms with E-state index in [2.05, 4.69) is 12.2 Å². The van der Waals surface area contributed by atoms with E-state index >= 15 is 0 Å². The number of rotatable bonds is 6. The van der Waals surface area contributed by atoms with Gasteiger partial charge in [-0.05, 0) is 30.7 Å². The molecule has 4 heteroatoms. The largest absolute Gasteiger partial charge is 0.455 e. The summed E-state index contributed by atoms with van der Waals surface area (Å²) in [6.07, 6.45) is 5.21. The van der Waals surface area contributed by atoms with E-state index in [1.165, 1.54) is 6.42 Å². The first-order valence-electron chi connectivity index (χ1n) is 8.62. The quantitative estimate of drug-likeness (QED) is 0.818. The Bertz CT molecular complexity index is 515. The van der Waals surface area contributed by atoms with E-state index in [1.54, 1.807) is 0 Å². The van der Waals surface area contributed by atoms with Gasteiger partial charge in [-0.2, -0.15) is 0 Å². The van der Waals surface area contributed by atoms with Crippen molar-refractivity contribution >= 4 is 11.9 Å². The maximum absolute atomic E-state index is 12.2. The lowest BCUT2D eigenvalue weighted by Gasteiger charge is -2.29. The van der Waals surface area contributed by atoms with Crippen LogP contribution in [0.15, 0.2) is 30.3 Å². The number of amides is 1. The molecular weight excluding hydrogens is 290 g/mol. The smallest absolute Gasteiger partial charge is 0.313 e. The van der Waals surface area contributed by atoms with Crippen LogP contribution in [-0.2, 0) is 14.3 Å². The SMILES string of the molecule is CC[C@@H](C(=O)OCC(=O)N[C@@H]1CCCC[C@@H]1C)c1ccccc1. The summed E-state index contributed by atoms with van der Waals surface area (Å²) < 4.78 is 5.24. The number of hydrogen-bond acceptors (Lipinski definition) is 3. The van der Waals surface area contributed by atoms with Crippen molar-refractivity contribution in [3.05, 3.63) is 35.9 Å². The highest BCUT2D eigenvalue weighted by Crippen LogP contribution is 2.24. The van der Waals surface area contributed by atoms with E-state index in [4.69, 9.17) is 4.74 Å². The number of carbonyl (C=O) groups excluding carboxylic acids is 2. The Morgan fingerprint density at radius 1 is 1.22 bits per heavy atom. The van der Waals surface area contributed by atoms with Gasteiger partial charge in [-0.1, -0.05) is 57.0 Å². The molecule has 1 fully saturated rings. The summed E-state index contributed by atoms with van der Waals surface area (Å²) in [4.78, 5) is 24.3. The van der Waals surface area contributed by atoms with E-state index < -0.39 is 0 Å². The third-order valence-electron chi connectivity index (χ3n) is 4.70. The van der Waals surface area contributed by atoms with Crippen molar-refractivity contribution in [1.29, 1.82) is 0 Å². The van der Waals surface area contributed by atoms with Crippen LogP contribution in [0.1, 0.15) is 57.4 Å². The summed E-state index contributed by atoms with van der Waals surface area (Å²) in [5, 5.41) is 3.00. The zero-order chi connectivity index (χ0) is 16.7. The van der Waals surface area contributed by atoms with Crippen molar-refractivity contribution < 1.29 is 14.3 Å². The van der Waals surface area contributed by atoms with E-state index in [-0.39, 0.29) is 30.4 Å². The number of hydrogen-bond donors (Lipinski definition) is 1. The number of carbonyl (C=O) groups is 2. The minimum atomic E-state index is -0.328. The fourth-order valence-electron chi connectivity index (χ4n) is 3.24. The highest BCUT2D eigenvalue weighted by atomic mass is 16.5. The Morgan fingerprint density at radius 2 is 1.91 bits per heavy atom. The van der Waals surface area contributed by atoms with Crippen molar-refractivity contribution in [2.24, 2.45) is 5.92 Å². The minimum Gasteiger partial charge on any atom is -0.455 e. The van der Waals surface area contributed by atoms with E-state index in [0.717, 1.165) is 24.8 Å². The molecule has 0 saturated heterocycles. The second-order valence-electron chi connectivity index (χ2n) is 6.41. The summed E-state index contributed by atoms with van der Waals surface area (Å²) in [6, 6.07) is 9.77. The maximum Gasteiger partial charge on any atom is 0.313 e. The highest BCUT2D eigenvalue weighted by Gasteiger charge is 2.24. The van der Waals surface area contributed by atoms with Gasteiger partial charge < -0.3 is 10.1 Å². The zero-order valence-electron chi connectivity index (χ0n) is 14.1. The Labute approximate surface area is 138 Å². The first kappa shape index (κ1) is 17.5. The molecule has 1 amide bonds. The van der Waals surface area contributed by atoms with Crippen LogP contribution in [0, 0.1) is 5.92 Å². The minimum absolute atomic E-state index is 0.189. The van der Waals surface area contributed by atoms with Gasteiger partial charge in [0.1, 0.15) is 0 Å². The van der Waals surface area contributed by atoms with Crippen LogP contribution in [0.4, 0.5) is 0 Å². The van der Waals surface area contributed by atoms with Crippen LogP contribution < -0.4 is 5.32 Å². The van der Waals surface area contributed by atoms with Gasteiger partial charge in [-0.15, -0.1) is 0 Å². The van der Waals surface area contributed by atoms with Gasteiger partial charge in [0, 0.05) is 6.04 Å². The molecule has 126 valence electrons. The van der Waals surface area contributed by atoms with E-state index in [9.17, 15) is 9.59 Å². The lowest BCUT2D eigenvalue weighted by Crippen LogP contribution is -2.43. The molecule has 2 rings (SSSR count). The van der Waals surface area contributed by atoms with Gasteiger partial charge in [-0.3, -0.25) is 9.59 Å². The Kier molecular flexibility index (Phi) is 6.63. The van der Waals surface area contributed by atoms with Crippen LogP contribution in [0.5, 0.6) is 0 Å². The predicted molar refractivity (Wildman–Crippen MR) is 90.0 cm³/mol. The van der Waals surface area contributed by atoms with Crippen molar-refractivity contribution in [3.8, 4) is 0 Å². The summed E-state index contributed by atoms with van der Waals surface area (Å²) in [6.45, 7) is 3.92. The fraction of sp³-hybridized carbons (Fsp3) is 0.579. The summed E-state index contributed by atoms with van der Waals surface area (Å²) >= 11 is 0. The molecule has 4 nitrogen and oxygen atoms in total. The Morgan fingerprint density at radius 3 is 2.57 bits per heavy atom. The van der Waals surface area contributed by atoms with Crippen LogP contribution in [-0.4, -0.2) is 24.5 Å². The average Bonchev–Trinajstić information content (AvgIpc) is 2.57. The molecule has 1 aliphatic rings. The van der Waals surface area contributed by atoms with Crippen LogP contribution in [0.3, 0.4) is 0 Å². The molecule has 1 aromatic carbocycles. The third kappa shape index (κ3) is 5.08. The molecule has 0 radical (unpaired) electrons. The summed E-state index contributed by atoms with van der Waals surface area (Å²) in [7, 11) is 0. The average molecular weight is 317 g/mol. The normalized spacial score (nSPS) is 22.2. The Balaban J connectivity index is 1.82. The maximum atomic E-state index is 12.2. The first-order chi connectivity index (χ1) is 11.1. The lowest BCUT2D eigenvalue weighted by atomic mass is 9.86. The van der Waals surface area contributed by atoms with Gasteiger partial charge in [0.25, 0.3) is 5.91 Å². The topological polar surface area (TPSA) is 55.4 Å². The molecule has 0 spiro atoms. The molecule has 1 N–H and O–H groups in total. The molecule has 0 aliphatic heterocycles. The van der Waals surface area contributed by atoms with Crippen molar-refractivity contribution in [2.45, 2.75) is 57.9 Å². The molecular formula is C19H27NO3. The fourth-order valence-corrected chi connectivity index (χ4v) is 3.24. The molecule has 23 heavy (non-hydrogen) atoms. The predicted octanol–water partition coefficient (Wildman–Crippen LogP) is 3.42. The van der Waals surface area contributed by atoms with Gasteiger partial charge in [0.05, 0.1) is 5.92 Å². The van der Waals surface area contributed by atoms with E-state index in [1.807, 2.05) is 37.3 Å². The molecule has 0 bridgehead atoms. The molecule has 0 unspecified atom stereocenters. The summed E-state index contributed by atoms with van der Waals surface area (Å²) in [5.41, 5.74) is 0.932. The highest BCUT2D eigenvalue weighted by molar-refractivity contribution is 5.83. The molecule has 1 aromatic rings. The second kappa shape index (κ2) is 8.70. The second-order valence-corrected chi connectivity index (χ2v) is 6.41. The Hall–Kier alpha value is -1.84. The zero-order valence-corrected chi connectivity index (χ0v) is 14.1. The first-order valence-corrected chi connectivity index (χ1v) is 8.62. The van der Waals surface area contributed by atoms with Gasteiger partial charge in [-0.25, -0.2) is 0 Å². The summed E-state index contributed by atoms with van der Waals surface area (Å²) in [5.74, 6) is -0.334. The molecule has 0 aromatic heterocycles. The van der Waals surface area contributed by atoms with Gasteiger partial charge >= 0.3 is 5.97 Å². The number of nitrogens with one attached hydrogen (secondary N) is 1. The monoisotopic (exact) mass is 317 g/mol. The van der Waals surface area contributed by atoms with Crippen molar-refractivity contribution in [3.63, 3.8) is 0 Å². The van der Waals surface area contributed by atoms with Gasteiger partial charge in [0.2, 0.25) is 0 Å². The van der Waals surface area contributed by atoms with Crippen LogP contribution >= 0.6 is 0 Å². The standard InChI is InChI=1S/C19H27NO3/c1-3-16(15-10-5-4-6-11-15)19(22)23-13-18(21)20-17-12-8-7-9-14(17)2/h4-6,10-11,14,16-17H,3,7-9,12-13H2,1-2H3,(H,20,21)/t14-,16+,17+/m0/s1. The molecule has 1 saturated carbocycles. The number of esters is 1. The number of ether oxygens (including phenoxy) is 1. The van der Waals surface area contributed by atoms with Crippen LogP contribution in [0.25, 0.3) is 0 Å². The lowest BCUT2D eigenvalue weighted by molar-refractivity contribution is -0.150. The third-order valence-corrected chi connectivity index (χ3v) is 4.70. The van der Waals surface area contributed by atoms with Gasteiger partial charge in [0.15, 0.2) is 6.61 Å². The molecule has 0 heterocycles. The number of benzene rings is 1. The van der Waals surface area contributed by atoms with E-state index in [0.29, 0.717) is 12.3 Å². The van der Waals surface area contributed by atoms with Crippen molar-refractivity contribution in [2.75, 3.05) is 6.61 Å². The molecule has 1 aliphatic carbocycles. The molecule has 3 atom stereocenters. The van der Waals surface area contributed by atoms with Crippen LogP contribution in [0.2, 0.25) is 0 Å².